The molecule has 1 amide bonds. The van der Waals surface area contributed by atoms with Gasteiger partial charge in [-0.15, -0.1) is 22.7 Å². The van der Waals surface area contributed by atoms with E-state index in [0.29, 0.717) is 24.1 Å². The number of carboxylic acid groups (broad SMARTS) is 1. The third kappa shape index (κ3) is 4.52. The fourth-order valence-corrected chi connectivity index (χ4v) is 8.47. The van der Waals surface area contributed by atoms with Gasteiger partial charge in [0.2, 0.25) is 0 Å². The summed E-state index contributed by atoms with van der Waals surface area (Å²) >= 11 is 4.70. The average molecular weight is 601 g/mol. The summed E-state index contributed by atoms with van der Waals surface area (Å²) in [5.74, 6) is -0.785. The number of anilines is 1. The summed E-state index contributed by atoms with van der Waals surface area (Å²) in [6.45, 7) is 3.73. The fourth-order valence-electron chi connectivity index (χ4n) is 5.13. The van der Waals surface area contributed by atoms with Gasteiger partial charge in [-0.1, -0.05) is 42.5 Å². The van der Waals surface area contributed by atoms with Crippen LogP contribution >= 0.6 is 34.2 Å². The number of rotatable bonds is 7. The van der Waals surface area contributed by atoms with Crippen LogP contribution in [0.3, 0.4) is 0 Å². The Labute approximate surface area is 247 Å². The molecule has 2 aromatic carbocycles. The van der Waals surface area contributed by atoms with E-state index in [-0.39, 0.29) is 6.10 Å². The van der Waals surface area contributed by atoms with Crippen LogP contribution in [-0.4, -0.2) is 21.5 Å². The number of benzene rings is 2. The Morgan fingerprint density at radius 2 is 1.78 bits per heavy atom. The van der Waals surface area contributed by atoms with Gasteiger partial charge in [-0.2, -0.15) is 4.37 Å². The van der Waals surface area contributed by atoms with E-state index in [1.165, 1.54) is 11.5 Å². The predicted molar refractivity (Wildman–Crippen MR) is 164 cm³/mol. The van der Waals surface area contributed by atoms with Gasteiger partial charge in [0.15, 0.2) is 0 Å². The van der Waals surface area contributed by atoms with Crippen LogP contribution in [-0.2, 0) is 14.9 Å². The van der Waals surface area contributed by atoms with Gasteiger partial charge < -0.3 is 14.3 Å². The molecule has 1 aliphatic rings. The number of aliphatic carboxylic acids is 1. The van der Waals surface area contributed by atoms with Crippen molar-refractivity contribution in [1.82, 2.24) is 4.37 Å². The minimum atomic E-state index is -0.797. The molecular formula is C31H24N2O5S3. The molecule has 41 heavy (non-hydrogen) atoms. The highest BCUT2D eigenvalue weighted by molar-refractivity contribution is 7.32. The van der Waals surface area contributed by atoms with Crippen molar-refractivity contribution in [3.63, 3.8) is 0 Å². The Morgan fingerprint density at radius 1 is 1.05 bits per heavy atom. The van der Waals surface area contributed by atoms with E-state index in [0.717, 1.165) is 51.8 Å². The molecule has 0 spiro atoms. The van der Waals surface area contributed by atoms with E-state index in [2.05, 4.69) is 21.8 Å². The van der Waals surface area contributed by atoms with Gasteiger partial charge in [-0.3, -0.25) is 10.1 Å². The van der Waals surface area contributed by atoms with E-state index in [4.69, 9.17) is 9.15 Å². The highest BCUT2D eigenvalue weighted by Gasteiger charge is 2.53. The Morgan fingerprint density at radius 3 is 2.51 bits per heavy atom. The van der Waals surface area contributed by atoms with Crippen LogP contribution in [0.15, 0.2) is 71.3 Å². The number of carboxylic acids is 1. The van der Waals surface area contributed by atoms with E-state index < -0.39 is 17.5 Å². The number of amides is 1. The highest BCUT2D eigenvalue weighted by Crippen LogP contribution is 2.52. The minimum Gasteiger partial charge on any atom is -0.481 e. The summed E-state index contributed by atoms with van der Waals surface area (Å²) in [7, 11) is 0. The lowest BCUT2D eigenvalue weighted by atomic mass is 9.95. The van der Waals surface area contributed by atoms with Gasteiger partial charge in [-0.25, -0.2) is 4.79 Å². The van der Waals surface area contributed by atoms with Crippen molar-refractivity contribution in [3.8, 4) is 20.2 Å². The molecule has 1 atom stereocenters. The lowest BCUT2D eigenvalue weighted by Crippen LogP contribution is -2.18. The second-order valence-electron chi connectivity index (χ2n) is 10.3. The molecule has 4 aromatic heterocycles. The number of aromatic nitrogens is 1. The molecule has 0 radical (unpaired) electrons. The molecule has 0 unspecified atom stereocenters. The molecule has 0 bridgehead atoms. The first-order chi connectivity index (χ1) is 19.8. The van der Waals surface area contributed by atoms with Gasteiger partial charge in [0.25, 0.3) is 0 Å². The smallest absolute Gasteiger partial charge is 0.412 e. The van der Waals surface area contributed by atoms with E-state index in [1.54, 1.807) is 28.9 Å². The van der Waals surface area contributed by atoms with Crippen molar-refractivity contribution in [2.45, 2.75) is 38.2 Å². The third-order valence-corrected chi connectivity index (χ3v) is 11.1. The molecule has 7 rings (SSSR count). The molecule has 0 saturated heterocycles. The molecule has 6 aromatic rings. The molecule has 1 aliphatic carbocycles. The van der Waals surface area contributed by atoms with Gasteiger partial charge in [0.1, 0.15) is 11.7 Å². The summed E-state index contributed by atoms with van der Waals surface area (Å²) < 4.78 is 18.2. The number of aryl methyl sites for hydroxylation is 1. The van der Waals surface area contributed by atoms with Crippen LogP contribution in [0.25, 0.3) is 40.6 Å². The Balaban J connectivity index is 1.12. The second-order valence-corrected chi connectivity index (χ2v) is 13.2. The second kappa shape index (κ2) is 9.83. The third-order valence-electron chi connectivity index (χ3n) is 7.61. The van der Waals surface area contributed by atoms with Crippen LogP contribution in [0.4, 0.5) is 10.5 Å². The van der Waals surface area contributed by atoms with Gasteiger partial charge in [-0.05, 0) is 67.5 Å². The number of ether oxygens (including phenoxy) is 1. The zero-order chi connectivity index (χ0) is 28.3. The molecule has 206 valence electrons. The standard InChI is InChI=1S/C31H24N2O5S3/c1-16-27(32-30(36)38-17(2)18-6-4-3-5-7-18)28(41-33-16)26-14-25-24(40-26)13-23(39-25)19-8-9-20-21(15-37-22(20)12-19)31(10-11-31)29(34)35/h3-9,12-15,17H,10-11H2,1-2H3,(H,32,36)(H,34,35)/t17-/m1/s1. The normalized spacial score (nSPS) is 14.8. The van der Waals surface area contributed by atoms with E-state index in [9.17, 15) is 14.7 Å². The fraction of sp³-hybridized carbons (Fsp3) is 0.194. The lowest BCUT2D eigenvalue weighted by molar-refractivity contribution is -0.140. The van der Waals surface area contributed by atoms with Crippen LogP contribution in [0.1, 0.15) is 42.7 Å². The zero-order valence-corrected chi connectivity index (χ0v) is 24.5. The number of carbonyl (C=O) groups excluding carboxylic acids is 1. The molecule has 1 saturated carbocycles. The number of carbonyl (C=O) groups is 2. The number of hydrogen-bond acceptors (Lipinski definition) is 8. The highest BCUT2D eigenvalue weighted by atomic mass is 32.1. The van der Waals surface area contributed by atoms with Gasteiger partial charge in [0, 0.05) is 25.2 Å². The van der Waals surface area contributed by atoms with Crippen LogP contribution in [0, 0.1) is 6.92 Å². The molecule has 0 aliphatic heterocycles. The predicted octanol–water partition coefficient (Wildman–Crippen LogP) is 9.23. The van der Waals surface area contributed by atoms with Crippen molar-refractivity contribution in [2.75, 3.05) is 5.32 Å². The Hall–Kier alpha value is -3.99. The van der Waals surface area contributed by atoms with Crippen LogP contribution in [0.2, 0.25) is 0 Å². The largest absolute Gasteiger partial charge is 0.481 e. The molecule has 4 heterocycles. The summed E-state index contributed by atoms with van der Waals surface area (Å²) in [5.41, 5.74) is 4.04. The lowest BCUT2D eigenvalue weighted by Gasteiger charge is -2.14. The first-order valence-electron chi connectivity index (χ1n) is 13.1. The van der Waals surface area contributed by atoms with Gasteiger partial charge in [0.05, 0.1) is 32.8 Å². The molecule has 2 N–H and O–H groups in total. The number of furan rings is 1. The maximum Gasteiger partial charge on any atom is 0.412 e. The Bertz CT molecular complexity index is 1910. The number of hydrogen-bond donors (Lipinski definition) is 2. The quantitative estimate of drug-likeness (QED) is 0.189. The summed E-state index contributed by atoms with van der Waals surface area (Å²) in [5, 5.41) is 13.5. The molecular weight excluding hydrogens is 577 g/mol. The number of fused-ring (bicyclic) bond motifs is 2. The minimum absolute atomic E-state index is 0.379. The topological polar surface area (TPSA) is 102 Å². The SMILES string of the molecule is Cc1nsc(-c2cc3sc(-c4ccc5c(C6(C(=O)O)CC6)coc5c4)cc3s2)c1NC(=O)O[C@H](C)c1ccccc1. The summed E-state index contributed by atoms with van der Waals surface area (Å²) in [6.07, 6.45) is 2.00. The number of thiophene rings is 2. The van der Waals surface area contributed by atoms with Crippen molar-refractivity contribution in [2.24, 2.45) is 0 Å². The molecule has 7 nitrogen and oxygen atoms in total. The number of nitrogens with one attached hydrogen (secondary N) is 1. The maximum atomic E-state index is 12.8. The van der Waals surface area contributed by atoms with Crippen molar-refractivity contribution in [1.29, 1.82) is 0 Å². The first-order valence-corrected chi connectivity index (χ1v) is 15.5. The van der Waals surface area contributed by atoms with Gasteiger partial charge >= 0.3 is 12.1 Å². The Kier molecular flexibility index (Phi) is 6.22. The average Bonchev–Trinajstić information content (AvgIpc) is 3.21. The zero-order valence-electron chi connectivity index (χ0n) is 22.1. The molecule has 10 heteroatoms. The van der Waals surface area contributed by atoms with Crippen molar-refractivity contribution < 1.29 is 23.8 Å². The van der Waals surface area contributed by atoms with Crippen LogP contribution < -0.4 is 5.32 Å². The molecule has 1 fully saturated rings. The monoisotopic (exact) mass is 600 g/mol. The summed E-state index contributed by atoms with van der Waals surface area (Å²) in [4.78, 5) is 27.6. The summed E-state index contributed by atoms with van der Waals surface area (Å²) in [6, 6.07) is 19.9. The van der Waals surface area contributed by atoms with Crippen molar-refractivity contribution in [3.05, 3.63) is 83.7 Å². The van der Waals surface area contributed by atoms with Crippen LogP contribution in [0.5, 0.6) is 0 Å². The van der Waals surface area contributed by atoms with E-state index >= 15 is 0 Å². The number of nitrogens with zero attached hydrogens (tertiary/aromatic N) is 1. The first kappa shape index (κ1) is 25.9. The maximum absolute atomic E-state index is 12.8. The van der Waals surface area contributed by atoms with Crippen molar-refractivity contribution >= 4 is 72.3 Å². The van der Waals surface area contributed by atoms with E-state index in [1.807, 2.05) is 62.4 Å².